The average molecular weight is 283 g/mol. The van der Waals surface area contributed by atoms with Crippen LogP contribution in [0.3, 0.4) is 0 Å². The van der Waals surface area contributed by atoms with Gasteiger partial charge in [0.25, 0.3) is 0 Å². The summed E-state index contributed by atoms with van der Waals surface area (Å²) in [5, 5.41) is 9.09. The first kappa shape index (κ1) is 14.3. The van der Waals surface area contributed by atoms with Crippen molar-refractivity contribution in [2.75, 3.05) is 7.11 Å². The molecule has 0 radical (unpaired) electrons. The Kier molecular flexibility index (Phi) is 3.94. The van der Waals surface area contributed by atoms with Crippen molar-refractivity contribution in [3.8, 4) is 17.1 Å². The molecule has 0 bridgehead atoms. The van der Waals surface area contributed by atoms with E-state index < -0.39 is 11.7 Å². The van der Waals surface area contributed by atoms with Gasteiger partial charge in [0.05, 0.1) is 25.0 Å². The van der Waals surface area contributed by atoms with Gasteiger partial charge in [-0.1, -0.05) is 12.1 Å². The van der Waals surface area contributed by atoms with E-state index in [1.807, 2.05) is 0 Å². The van der Waals surface area contributed by atoms with Gasteiger partial charge in [-0.15, -0.1) is 0 Å². The van der Waals surface area contributed by atoms with Gasteiger partial charge in [-0.3, -0.25) is 0 Å². The lowest BCUT2D eigenvalue weighted by molar-refractivity contribution is -0.137. The van der Waals surface area contributed by atoms with E-state index in [-0.39, 0.29) is 12.5 Å². The molecule has 0 aliphatic heterocycles. The van der Waals surface area contributed by atoms with Crippen LogP contribution in [0.4, 0.5) is 13.2 Å². The largest absolute Gasteiger partial charge is 0.481 e. The highest BCUT2D eigenvalue weighted by molar-refractivity contribution is 5.61. The summed E-state index contributed by atoms with van der Waals surface area (Å²) < 4.78 is 43.0. The Bertz CT molecular complexity index is 612. The third-order valence-corrected chi connectivity index (χ3v) is 2.79. The van der Waals surface area contributed by atoms with E-state index in [0.29, 0.717) is 16.8 Å². The molecule has 0 fully saturated rings. The number of hydrogen-bond acceptors (Lipinski definition) is 3. The number of alkyl halides is 3. The second-order valence-corrected chi connectivity index (χ2v) is 4.10. The number of methoxy groups -OCH3 is 1. The Labute approximate surface area is 113 Å². The third-order valence-electron chi connectivity index (χ3n) is 2.79. The maximum atomic E-state index is 12.7. The van der Waals surface area contributed by atoms with Gasteiger partial charge in [-0.2, -0.15) is 13.2 Å². The predicted octanol–water partition coefficient (Wildman–Crippen LogP) is 3.27. The van der Waals surface area contributed by atoms with Crippen LogP contribution in [0.15, 0.2) is 36.4 Å². The fourth-order valence-electron chi connectivity index (χ4n) is 1.78. The zero-order valence-corrected chi connectivity index (χ0v) is 10.6. The maximum Gasteiger partial charge on any atom is 0.416 e. The summed E-state index contributed by atoms with van der Waals surface area (Å²) >= 11 is 0. The molecule has 1 aromatic heterocycles. The minimum atomic E-state index is -4.40. The molecule has 3 nitrogen and oxygen atoms in total. The van der Waals surface area contributed by atoms with Gasteiger partial charge in [-0.25, -0.2) is 4.98 Å². The number of rotatable bonds is 3. The summed E-state index contributed by atoms with van der Waals surface area (Å²) in [6, 6.07) is 8.01. The lowest BCUT2D eigenvalue weighted by atomic mass is 10.1. The molecule has 0 saturated heterocycles. The SMILES string of the molecule is COc1nc(-c2cccc(C(F)(F)F)c2)ccc1CO. The zero-order valence-electron chi connectivity index (χ0n) is 10.6. The molecule has 0 atom stereocenters. The summed E-state index contributed by atoms with van der Waals surface area (Å²) in [5.41, 5.74) is 0.429. The first-order valence-corrected chi connectivity index (χ1v) is 5.78. The van der Waals surface area contributed by atoms with E-state index >= 15 is 0 Å². The van der Waals surface area contributed by atoms with Gasteiger partial charge < -0.3 is 9.84 Å². The highest BCUT2D eigenvalue weighted by Crippen LogP contribution is 2.32. The number of pyridine rings is 1. The van der Waals surface area contributed by atoms with Gasteiger partial charge >= 0.3 is 6.18 Å². The number of aliphatic hydroxyl groups is 1. The van der Waals surface area contributed by atoms with Crippen molar-refractivity contribution in [3.05, 3.63) is 47.5 Å². The van der Waals surface area contributed by atoms with E-state index in [9.17, 15) is 13.2 Å². The second-order valence-electron chi connectivity index (χ2n) is 4.10. The average Bonchev–Trinajstić information content (AvgIpc) is 2.45. The molecular weight excluding hydrogens is 271 g/mol. The first-order valence-electron chi connectivity index (χ1n) is 5.78. The molecule has 20 heavy (non-hydrogen) atoms. The van der Waals surface area contributed by atoms with Gasteiger partial charge in [-0.05, 0) is 24.3 Å². The van der Waals surface area contributed by atoms with Crippen molar-refractivity contribution in [1.82, 2.24) is 4.98 Å². The van der Waals surface area contributed by atoms with Gasteiger partial charge in [0.15, 0.2) is 0 Å². The number of nitrogens with zero attached hydrogens (tertiary/aromatic N) is 1. The van der Waals surface area contributed by atoms with Gasteiger partial charge in [0, 0.05) is 11.1 Å². The minimum absolute atomic E-state index is 0.197. The third kappa shape index (κ3) is 2.91. The molecule has 0 aliphatic rings. The topological polar surface area (TPSA) is 42.4 Å². The van der Waals surface area contributed by atoms with Crippen molar-refractivity contribution < 1.29 is 23.0 Å². The monoisotopic (exact) mass is 283 g/mol. The second kappa shape index (κ2) is 5.50. The first-order chi connectivity index (χ1) is 9.45. The zero-order chi connectivity index (χ0) is 14.8. The van der Waals surface area contributed by atoms with Crippen LogP contribution < -0.4 is 4.74 Å². The molecule has 0 amide bonds. The van der Waals surface area contributed by atoms with Crippen LogP contribution in [0.1, 0.15) is 11.1 Å². The van der Waals surface area contributed by atoms with Crippen LogP contribution in [0.2, 0.25) is 0 Å². The number of ether oxygens (including phenoxy) is 1. The van der Waals surface area contributed by atoms with Gasteiger partial charge in [0.2, 0.25) is 5.88 Å². The molecule has 2 rings (SSSR count). The van der Waals surface area contributed by atoms with Crippen molar-refractivity contribution in [2.45, 2.75) is 12.8 Å². The van der Waals surface area contributed by atoms with E-state index in [0.717, 1.165) is 12.1 Å². The Morgan fingerprint density at radius 2 is 1.95 bits per heavy atom. The van der Waals surface area contributed by atoms with Crippen molar-refractivity contribution in [3.63, 3.8) is 0 Å². The molecule has 6 heteroatoms. The van der Waals surface area contributed by atoms with Crippen LogP contribution in [-0.2, 0) is 12.8 Å². The Balaban J connectivity index is 2.46. The fourth-order valence-corrected chi connectivity index (χ4v) is 1.78. The molecule has 0 aliphatic carbocycles. The molecule has 2 aromatic rings. The molecular formula is C14H12F3NO2. The normalized spacial score (nSPS) is 11.4. The number of halogens is 3. The maximum absolute atomic E-state index is 12.7. The van der Waals surface area contributed by atoms with E-state index in [2.05, 4.69) is 4.98 Å². The standard InChI is InChI=1S/C14H12F3NO2/c1-20-13-10(8-19)5-6-12(18-13)9-3-2-4-11(7-9)14(15,16)17/h2-7,19H,8H2,1H3. The highest BCUT2D eigenvalue weighted by atomic mass is 19.4. The predicted molar refractivity (Wildman–Crippen MR) is 67.1 cm³/mol. The summed E-state index contributed by atoms with van der Waals surface area (Å²) in [5.74, 6) is 0.197. The Morgan fingerprint density at radius 3 is 2.55 bits per heavy atom. The van der Waals surface area contributed by atoms with Crippen LogP contribution in [-0.4, -0.2) is 17.2 Å². The lowest BCUT2D eigenvalue weighted by Gasteiger charge is -2.10. The summed E-state index contributed by atoms with van der Waals surface area (Å²) in [6.07, 6.45) is -4.40. The smallest absolute Gasteiger partial charge is 0.416 e. The minimum Gasteiger partial charge on any atom is -0.481 e. The molecule has 0 saturated carbocycles. The lowest BCUT2D eigenvalue weighted by Crippen LogP contribution is -2.04. The summed E-state index contributed by atoms with van der Waals surface area (Å²) in [4.78, 5) is 4.11. The van der Waals surface area contributed by atoms with Crippen molar-refractivity contribution in [1.29, 1.82) is 0 Å². The van der Waals surface area contributed by atoms with E-state index in [4.69, 9.17) is 9.84 Å². The number of hydrogen-bond donors (Lipinski definition) is 1. The van der Waals surface area contributed by atoms with Gasteiger partial charge in [0.1, 0.15) is 0 Å². The van der Waals surface area contributed by atoms with Crippen LogP contribution in [0.5, 0.6) is 5.88 Å². The summed E-state index contributed by atoms with van der Waals surface area (Å²) in [6.45, 7) is -0.251. The van der Waals surface area contributed by atoms with Crippen LogP contribution in [0, 0.1) is 0 Å². The molecule has 106 valence electrons. The Morgan fingerprint density at radius 1 is 1.20 bits per heavy atom. The molecule has 0 unspecified atom stereocenters. The molecule has 1 heterocycles. The number of benzene rings is 1. The number of aliphatic hydroxyl groups excluding tert-OH is 1. The van der Waals surface area contributed by atoms with Crippen molar-refractivity contribution in [2.24, 2.45) is 0 Å². The van der Waals surface area contributed by atoms with E-state index in [1.54, 1.807) is 12.1 Å². The molecule has 1 N–H and O–H groups in total. The van der Waals surface area contributed by atoms with Crippen LogP contribution >= 0.6 is 0 Å². The quantitative estimate of drug-likeness (QED) is 0.940. The molecule has 0 spiro atoms. The van der Waals surface area contributed by atoms with Crippen molar-refractivity contribution >= 4 is 0 Å². The molecule has 1 aromatic carbocycles. The van der Waals surface area contributed by atoms with Crippen LogP contribution in [0.25, 0.3) is 11.3 Å². The fraction of sp³-hybridized carbons (Fsp3) is 0.214. The Hall–Kier alpha value is -2.08. The number of aromatic nitrogens is 1. The van der Waals surface area contributed by atoms with E-state index in [1.165, 1.54) is 19.2 Å². The highest BCUT2D eigenvalue weighted by Gasteiger charge is 2.30. The summed E-state index contributed by atoms with van der Waals surface area (Å²) in [7, 11) is 1.39.